The van der Waals surface area contributed by atoms with E-state index in [4.69, 9.17) is 9.15 Å². The van der Waals surface area contributed by atoms with Gasteiger partial charge in [0.15, 0.2) is 0 Å². The molecule has 0 spiro atoms. The molecule has 2 aromatic rings. The lowest BCUT2D eigenvalue weighted by Gasteiger charge is -2.14. The van der Waals surface area contributed by atoms with E-state index in [0.717, 1.165) is 5.39 Å². The summed E-state index contributed by atoms with van der Waals surface area (Å²) in [7, 11) is 1.55. The Balaban J connectivity index is 2.44. The fourth-order valence-corrected chi connectivity index (χ4v) is 2.20. The van der Waals surface area contributed by atoms with Gasteiger partial charge in [0, 0.05) is 29.9 Å². The van der Waals surface area contributed by atoms with E-state index in [0.29, 0.717) is 16.9 Å². The van der Waals surface area contributed by atoms with Gasteiger partial charge >= 0.3 is 5.63 Å². The first kappa shape index (κ1) is 15.3. The van der Waals surface area contributed by atoms with Crippen LogP contribution in [0, 0.1) is 11.8 Å². The van der Waals surface area contributed by atoms with Crippen LogP contribution >= 0.6 is 0 Å². The highest BCUT2D eigenvalue weighted by molar-refractivity contribution is 5.89. The lowest BCUT2D eigenvalue weighted by Crippen LogP contribution is -2.19. The Morgan fingerprint density at radius 2 is 1.95 bits per heavy atom. The number of ketones is 1. The topological polar surface area (TPSA) is 56.5 Å². The van der Waals surface area contributed by atoms with Crippen LogP contribution in [0.2, 0.25) is 0 Å². The predicted octanol–water partition coefficient (Wildman–Crippen LogP) is 3.21. The van der Waals surface area contributed by atoms with Crippen molar-refractivity contribution in [3.8, 4) is 5.75 Å². The molecule has 0 saturated carbocycles. The Morgan fingerprint density at radius 3 is 2.57 bits per heavy atom. The van der Waals surface area contributed by atoms with E-state index in [9.17, 15) is 9.59 Å². The van der Waals surface area contributed by atoms with Gasteiger partial charge in [0.1, 0.15) is 17.1 Å². The maximum Gasteiger partial charge on any atom is 0.336 e. The van der Waals surface area contributed by atoms with Gasteiger partial charge in [-0.05, 0) is 23.6 Å². The number of hydrogen-bond acceptors (Lipinski definition) is 4. The van der Waals surface area contributed by atoms with Gasteiger partial charge in [0.2, 0.25) is 0 Å². The molecule has 0 saturated heterocycles. The number of ether oxygens (including phenoxy) is 1. The Kier molecular flexibility index (Phi) is 4.46. The molecule has 2 rings (SSSR count). The first-order valence-corrected chi connectivity index (χ1v) is 7.06. The van der Waals surface area contributed by atoms with Gasteiger partial charge in [-0.25, -0.2) is 4.79 Å². The standard InChI is InChI=1S/C17H20O4/c1-10(2)11(3)15(18)7-12-8-17(19)21-16-9-13(20-4)5-6-14(12)16/h5-6,8-11H,7H2,1-4H3. The Morgan fingerprint density at radius 1 is 1.24 bits per heavy atom. The van der Waals surface area contributed by atoms with E-state index in [2.05, 4.69) is 0 Å². The second-order valence-corrected chi connectivity index (χ2v) is 5.63. The molecule has 0 aliphatic rings. The van der Waals surface area contributed by atoms with Gasteiger partial charge < -0.3 is 9.15 Å². The van der Waals surface area contributed by atoms with Crippen molar-refractivity contribution in [3.05, 3.63) is 40.2 Å². The molecule has 1 atom stereocenters. The zero-order valence-electron chi connectivity index (χ0n) is 12.8. The fourth-order valence-electron chi connectivity index (χ4n) is 2.20. The minimum absolute atomic E-state index is 0.0365. The van der Waals surface area contributed by atoms with Crippen LogP contribution in [-0.4, -0.2) is 12.9 Å². The summed E-state index contributed by atoms with van der Waals surface area (Å²) in [6.45, 7) is 5.96. The van der Waals surface area contributed by atoms with E-state index in [1.165, 1.54) is 6.07 Å². The normalized spacial score (nSPS) is 12.6. The molecule has 21 heavy (non-hydrogen) atoms. The van der Waals surface area contributed by atoms with Gasteiger partial charge in [0.25, 0.3) is 0 Å². The summed E-state index contributed by atoms with van der Waals surface area (Å²) in [5.41, 5.74) is 0.707. The SMILES string of the molecule is COc1ccc2c(CC(=O)C(C)C(C)C)cc(=O)oc2c1. The van der Waals surface area contributed by atoms with Crippen molar-refractivity contribution in [2.75, 3.05) is 7.11 Å². The average Bonchev–Trinajstić information content (AvgIpc) is 2.45. The van der Waals surface area contributed by atoms with Crippen LogP contribution in [0.15, 0.2) is 33.5 Å². The highest BCUT2D eigenvalue weighted by atomic mass is 16.5. The van der Waals surface area contributed by atoms with Crippen LogP contribution in [-0.2, 0) is 11.2 Å². The summed E-state index contributed by atoms with van der Waals surface area (Å²) < 4.78 is 10.3. The smallest absolute Gasteiger partial charge is 0.336 e. The molecule has 0 amide bonds. The first-order valence-electron chi connectivity index (χ1n) is 7.06. The molecular weight excluding hydrogens is 268 g/mol. The summed E-state index contributed by atoms with van der Waals surface area (Å²) in [6, 6.07) is 6.68. The maximum absolute atomic E-state index is 12.3. The maximum atomic E-state index is 12.3. The van der Waals surface area contributed by atoms with Crippen molar-refractivity contribution in [3.63, 3.8) is 0 Å². The minimum atomic E-state index is -0.448. The number of carbonyl (C=O) groups is 1. The number of fused-ring (bicyclic) bond motifs is 1. The van der Waals surface area contributed by atoms with Gasteiger partial charge in [0.05, 0.1) is 7.11 Å². The highest BCUT2D eigenvalue weighted by Crippen LogP contribution is 2.24. The number of benzene rings is 1. The third-order valence-corrected chi connectivity index (χ3v) is 3.91. The third kappa shape index (κ3) is 3.32. The van der Waals surface area contributed by atoms with E-state index < -0.39 is 5.63 Å². The summed E-state index contributed by atoms with van der Waals surface area (Å²) in [5, 5.41) is 0.778. The predicted molar refractivity (Wildman–Crippen MR) is 81.7 cm³/mol. The third-order valence-electron chi connectivity index (χ3n) is 3.91. The van der Waals surface area contributed by atoms with Crippen LogP contribution in [0.4, 0.5) is 0 Å². The molecule has 1 aromatic carbocycles. The Hall–Kier alpha value is -2.10. The van der Waals surface area contributed by atoms with Crippen LogP contribution < -0.4 is 10.4 Å². The van der Waals surface area contributed by atoms with E-state index in [1.54, 1.807) is 19.2 Å². The Labute approximate surface area is 123 Å². The molecule has 0 N–H and O–H groups in total. The molecule has 0 bridgehead atoms. The molecular formula is C17H20O4. The fraction of sp³-hybridized carbons (Fsp3) is 0.412. The Bertz CT molecular complexity index is 712. The van der Waals surface area contributed by atoms with Crippen molar-refractivity contribution in [2.45, 2.75) is 27.2 Å². The number of Topliss-reactive ketones (excluding diaryl/α,β-unsaturated/α-hetero) is 1. The van der Waals surface area contributed by atoms with E-state index in [1.807, 2.05) is 26.8 Å². The quantitative estimate of drug-likeness (QED) is 0.793. The van der Waals surface area contributed by atoms with Crippen LogP contribution in [0.3, 0.4) is 0 Å². The van der Waals surface area contributed by atoms with Crippen molar-refractivity contribution in [1.29, 1.82) is 0 Å². The molecule has 4 heteroatoms. The number of hydrogen-bond donors (Lipinski definition) is 0. The zero-order chi connectivity index (χ0) is 15.6. The number of carbonyl (C=O) groups excluding carboxylic acids is 1. The summed E-state index contributed by atoms with van der Waals surface area (Å²) in [4.78, 5) is 23.9. The minimum Gasteiger partial charge on any atom is -0.497 e. The van der Waals surface area contributed by atoms with E-state index in [-0.39, 0.29) is 24.0 Å². The van der Waals surface area contributed by atoms with Crippen LogP contribution in [0.5, 0.6) is 5.75 Å². The average molecular weight is 288 g/mol. The van der Waals surface area contributed by atoms with Gasteiger partial charge in [-0.1, -0.05) is 20.8 Å². The molecule has 0 aliphatic carbocycles. The summed E-state index contributed by atoms with van der Waals surface area (Å²) >= 11 is 0. The molecule has 0 aliphatic heterocycles. The molecule has 0 fully saturated rings. The van der Waals surface area contributed by atoms with Crippen LogP contribution in [0.25, 0.3) is 11.0 Å². The molecule has 112 valence electrons. The highest BCUT2D eigenvalue weighted by Gasteiger charge is 2.18. The van der Waals surface area contributed by atoms with Crippen molar-refractivity contribution < 1.29 is 13.9 Å². The zero-order valence-corrected chi connectivity index (χ0v) is 12.8. The molecule has 0 radical (unpaired) electrons. The summed E-state index contributed by atoms with van der Waals surface area (Å²) in [6.07, 6.45) is 0.244. The van der Waals surface area contributed by atoms with Crippen molar-refractivity contribution >= 4 is 16.8 Å². The second kappa shape index (κ2) is 6.12. The monoisotopic (exact) mass is 288 g/mol. The summed E-state index contributed by atoms with van der Waals surface area (Å²) in [5.74, 6) is 0.993. The van der Waals surface area contributed by atoms with Crippen LogP contribution in [0.1, 0.15) is 26.3 Å². The molecule has 1 unspecified atom stereocenters. The van der Waals surface area contributed by atoms with Gasteiger partial charge in [-0.3, -0.25) is 4.79 Å². The largest absolute Gasteiger partial charge is 0.497 e. The molecule has 1 heterocycles. The lowest BCUT2D eigenvalue weighted by atomic mass is 9.89. The number of rotatable bonds is 5. The van der Waals surface area contributed by atoms with Gasteiger partial charge in [-0.15, -0.1) is 0 Å². The van der Waals surface area contributed by atoms with E-state index >= 15 is 0 Å². The molecule has 4 nitrogen and oxygen atoms in total. The molecule has 1 aromatic heterocycles. The van der Waals surface area contributed by atoms with Crippen molar-refractivity contribution in [2.24, 2.45) is 11.8 Å². The van der Waals surface area contributed by atoms with Crippen molar-refractivity contribution in [1.82, 2.24) is 0 Å². The first-order chi connectivity index (χ1) is 9.92. The van der Waals surface area contributed by atoms with Gasteiger partial charge in [-0.2, -0.15) is 0 Å². The lowest BCUT2D eigenvalue weighted by molar-refractivity contribution is -0.122. The number of methoxy groups -OCH3 is 1. The second-order valence-electron chi connectivity index (χ2n) is 5.63.